The maximum Gasteiger partial charge on any atom is 0.252 e. The van der Waals surface area contributed by atoms with Crippen LogP contribution in [0.1, 0.15) is 16.8 Å². The average Bonchev–Trinajstić information content (AvgIpc) is 2.59. The maximum atomic E-state index is 11.5. The maximum absolute atomic E-state index is 11.5. The molecule has 1 amide bonds. The van der Waals surface area contributed by atoms with Gasteiger partial charge in [-0.25, -0.2) is 0 Å². The van der Waals surface area contributed by atoms with Crippen LogP contribution >= 0.6 is 39.0 Å². The van der Waals surface area contributed by atoms with Crippen LogP contribution in [0.4, 0.5) is 0 Å². The highest BCUT2D eigenvalue weighted by Crippen LogP contribution is 2.20. The summed E-state index contributed by atoms with van der Waals surface area (Å²) < 4.78 is 0.992. The Morgan fingerprint density at radius 3 is 3.07 bits per heavy atom. The van der Waals surface area contributed by atoms with Crippen molar-refractivity contribution in [2.45, 2.75) is 6.42 Å². The van der Waals surface area contributed by atoms with E-state index in [0.29, 0.717) is 0 Å². The van der Waals surface area contributed by atoms with Crippen LogP contribution < -0.4 is 5.32 Å². The van der Waals surface area contributed by atoms with E-state index in [9.17, 15) is 4.79 Å². The second-order valence-corrected chi connectivity index (χ2v) is 6.02. The number of amides is 1. The minimum atomic E-state index is 0.0213. The fourth-order valence-corrected chi connectivity index (χ4v) is 2.52. The first-order chi connectivity index (χ1) is 6.74. The van der Waals surface area contributed by atoms with E-state index in [1.54, 1.807) is 11.8 Å². The number of rotatable bonds is 5. The predicted octanol–water partition coefficient (Wildman–Crippen LogP) is 2.99. The van der Waals surface area contributed by atoms with Gasteiger partial charge >= 0.3 is 0 Å². The van der Waals surface area contributed by atoms with Gasteiger partial charge in [0.05, 0.1) is 9.35 Å². The summed E-state index contributed by atoms with van der Waals surface area (Å²) in [7, 11) is 0. The summed E-state index contributed by atoms with van der Waals surface area (Å²) in [5.74, 6) is 1.11. The number of hydrogen-bond acceptors (Lipinski definition) is 3. The summed E-state index contributed by atoms with van der Waals surface area (Å²) >= 11 is 6.65. The van der Waals surface area contributed by atoms with Crippen LogP contribution in [0.5, 0.6) is 0 Å². The molecule has 1 heterocycles. The molecule has 1 aromatic rings. The van der Waals surface area contributed by atoms with Gasteiger partial charge in [0.2, 0.25) is 0 Å². The van der Waals surface area contributed by atoms with Gasteiger partial charge in [0.15, 0.2) is 0 Å². The van der Waals surface area contributed by atoms with Crippen LogP contribution in [-0.2, 0) is 0 Å². The molecule has 78 valence electrons. The van der Waals surface area contributed by atoms with Crippen LogP contribution in [0.3, 0.4) is 0 Å². The van der Waals surface area contributed by atoms with Crippen molar-refractivity contribution in [1.29, 1.82) is 0 Å². The van der Waals surface area contributed by atoms with E-state index >= 15 is 0 Å². The highest BCUT2D eigenvalue weighted by molar-refractivity contribution is 9.11. The lowest BCUT2D eigenvalue weighted by Crippen LogP contribution is -2.24. The standard InChI is InChI=1S/C9H12BrNOS2/c1-13-4-2-3-11-9(12)7-5-8(10)14-6-7/h5-6H,2-4H2,1H3,(H,11,12). The summed E-state index contributed by atoms with van der Waals surface area (Å²) in [6.45, 7) is 0.757. The third kappa shape index (κ3) is 4.02. The minimum absolute atomic E-state index is 0.0213. The predicted molar refractivity (Wildman–Crippen MR) is 67.4 cm³/mol. The Bertz CT molecular complexity index is 301. The largest absolute Gasteiger partial charge is 0.352 e. The van der Waals surface area contributed by atoms with Gasteiger partial charge < -0.3 is 5.32 Å². The van der Waals surface area contributed by atoms with E-state index in [4.69, 9.17) is 0 Å². The van der Waals surface area contributed by atoms with Crippen molar-refractivity contribution in [2.24, 2.45) is 0 Å². The van der Waals surface area contributed by atoms with Crippen molar-refractivity contribution in [3.8, 4) is 0 Å². The van der Waals surface area contributed by atoms with Crippen LogP contribution in [-0.4, -0.2) is 24.5 Å². The molecule has 14 heavy (non-hydrogen) atoms. The molecule has 0 saturated heterocycles. The first kappa shape index (κ1) is 12.1. The van der Waals surface area contributed by atoms with Gasteiger partial charge in [-0.05, 0) is 40.4 Å². The molecule has 0 aliphatic rings. The molecular weight excluding hydrogens is 282 g/mol. The smallest absolute Gasteiger partial charge is 0.252 e. The second-order valence-electron chi connectivity index (χ2n) is 2.74. The van der Waals surface area contributed by atoms with Crippen molar-refractivity contribution in [3.63, 3.8) is 0 Å². The lowest BCUT2D eigenvalue weighted by molar-refractivity contribution is 0.0954. The lowest BCUT2D eigenvalue weighted by Gasteiger charge is -2.01. The number of carbonyl (C=O) groups is 1. The first-order valence-corrected chi connectivity index (χ1v) is 7.32. The fourth-order valence-electron chi connectivity index (χ4n) is 0.950. The molecule has 0 spiro atoms. The van der Waals surface area contributed by atoms with E-state index < -0.39 is 0 Å². The summed E-state index contributed by atoms with van der Waals surface area (Å²) in [5.41, 5.74) is 0.742. The molecule has 5 heteroatoms. The molecule has 1 N–H and O–H groups in total. The summed E-state index contributed by atoms with van der Waals surface area (Å²) in [6.07, 6.45) is 3.09. The Morgan fingerprint density at radius 2 is 2.50 bits per heavy atom. The number of thiophene rings is 1. The lowest BCUT2D eigenvalue weighted by atomic mass is 10.3. The molecule has 1 aromatic heterocycles. The molecule has 0 aliphatic carbocycles. The zero-order chi connectivity index (χ0) is 10.4. The number of nitrogens with one attached hydrogen (secondary N) is 1. The number of hydrogen-bond donors (Lipinski definition) is 1. The van der Waals surface area contributed by atoms with E-state index in [1.807, 2.05) is 11.4 Å². The monoisotopic (exact) mass is 293 g/mol. The molecule has 1 rings (SSSR count). The molecule has 0 saturated carbocycles. The Hall–Kier alpha value is -0.000000000000000111. The third-order valence-corrected chi connectivity index (χ3v) is 3.84. The molecule has 0 aromatic carbocycles. The van der Waals surface area contributed by atoms with Crippen molar-refractivity contribution >= 4 is 44.9 Å². The number of carbonyl (C=O) groups excluding carboxylic acids is 1. The SMILES string of the molecule is CSCCCNC(=O)c1csc(Br)c1. The second kappa shape index (κ2) is 6.48. The highest BCUT2D eigenvalue weighted by atomic mass is 79.9. The van der Waals surface area contributed by atoms with Gasteiger partial charge in [-0.2, -0.15) is 11.8 Å². The molecule has 0 fully saturated rings. The minimum Gasteiger partial charge on any atom is -0.352 e. The van der Waals surface area contributed by atoms with Crippen molar-refractivity contribution in [3.05, 3.63) is 20.8 Å². The Balaban J connectivity index is 2.29. The van der Waals surface area contributed by atoms with Crippen LogP contribution in [0.15, 0.2) is 15.2 Å². The van der Waals surface area contributed by atoms with Crippen molar-refractivity contribution < 1.29 is 4.79 Å². The molecule has 0 atom stereocenters. The topological polar surface area (TPSA) is 29.1 Å². The zero-order valence-electron chi connectivity index (χ0n) is 7.88. The van der Waals surface area contributed by atoms with Crippen molar-refractivity contribution in [2.75, 3.05) is 18.6 Å². The normalized spacial score (nSPS) is 10.1. The average molecular weight is 294 g/mol. The van der Waals surface area contributed by atoms with Gasteiger partial charge in [-0.1, -0.05) is 0 Å². The van der Waals surface area contributed by atoms with Gasteiger partial charge in [-0.3, -0.25) is 4.79 Å². The third-order valence-electron chi connectivity index (χ3n) is 1.64. The number of thioether (sulfide) groups is 1. The Morgan fingerprint density at radius 1 is 1.71 bits per heavy atom. The van der Waals surface area contributed by atoms with Crippen LogP contribution in [0.2, 0.25) is 0 Å². The fraction of sp³-hybridized carbons (Fsp3) is 0.444. The van der Waals surface area contributed by atoms with E-state index in [-0.39, 0.29) is 5.91 Å². The van der Waals surface area contributed by atoms with Crippen LogP contribution in [0, 0.1) is 0 Å². The molecule has 0 aliphatic heterocycles. The van der Waals surface area contributed by atoms with Gasteiger partial charge in [0.25, 0.3) is 5.91 Å². The Kier molecular flexibility index (Phi) is 5.59. The molecule has 0 radical (unpaired) electrons. The zero-order valence-corrected chi connectivity index (χ0v) is 11.1. The Labute approximate surface area is 101 Å². The van der Waals surface area contributed by atoms with Gasteiger partial charge in [0, 0.05) is 11.9 Å². The van der Waals surface area contributed by atoms with Crippen LogP contribution in [0.25, 0.3) is 0 Å². The van der Waals surface area contributed by atoms with E-state index in [2.05, 4.69) is 27.5 Å². The summed E-state index contributed by atoms with van der Waals surface area (Å²) in [5, 5.41) is 4.74. The first-order valence-electron chi connectivity index (χ1n) is 4.25. The van der Waals surface area contributed by atoms with E-state index in [0.717, 1.165) is 28.1 Å². The van der Waals surface area contributed by atoms with E-state index in [1.165, 1.54) is 11.3 Å². The summed E-state index contributed by atoms with van der Waals surface area (Å²) in [6, 6.07) is 1.84. The molecule has 0 unspecified atom stereocenters. The quantitative estimate of drug-likeness (QED) is 0.846. The summed E-state index contributed by atoms with van der Waals surface area (Å²) in [4.78, 5) is 11.5. The van der Waals surface area contributed by atoms with Gasteiger partial charge in [0.1, 0.15) is 0 Å². The molecular formula is C9H12BrNOS2. The molecule has 0 bridgehead atoms. The van der Waals surface area contributed by atoms with Crippen molar-refractivity contribution in [1.82, 2.24) is 5.32 Å². The number of halogens is 1. The van der Waals surface area contributed by atoms with Gasteiger partial charge in [-0.15, -0.1) is 11.3 Å². The highest BCUT2D eigenvalue weighted by Gasteiger charge is 2.06. The molecule has 2 nitrogen and oxygen atoms in total.